The van der Waals surface area contributed by atoms with Crippen LogP contribution in [0, 0.1) is 5.92 Å². The van der Waals surface area contributed by atoms with Gasteiger partial charge in [0, 0.05) is 6.54 Å². The van der Waals surface area contributed by atoms with Crippen LogP contribution in [0.4, 0.5) is 0 Å². The fraction of sp³-hybridized carbons (Fsp3) is 0.462. The molecule has 0 saturated carbocycles. The van der Waals surface area contributed by atoms with E-state index in [2.05, 4.69) is 4.72 Å². The fourth-order valence-corrected chi connectivity index (χ4v) is 3.84. The normalized spacial score (nSPS) is 15.4. The minimum Gasteiger partial charge on any atom is -0.481 e. The van der Waals surface area contributed by atoms with E-state index < -0.39 is 16.0 Å². The van der Waals surface area contributed by atoms with Gasteiger partial charge in [0.2, 0.25) is 10.0 Å². The summed E-state index contributed by atoms with van der Waals surface area (Å²) in [5, 5.41) is 8.48. The lowest BCUT2D eigenvalue weighted by atomic mass is 10.1. The van der Waals surface area contributed by atoms with E-state index in [4.69, 9.17) is 5.11 Å². The van der Waals surface area contributed by atoms with Crippen molar-refractivity contribution >= 4 is 16.0 Å². The second-order valence-corrected chi connectivity index (χ2v) is 6.71. The number of carbonyl (C=O) groups is 1. The number of sulfonamides is 1. The van der Waals surface area contributed by atoms with E-state index in [1.54, 1.807) is 0 Å². The van der Waals surface area contributed by atoms with Crippen molar-refractivity contribution < 1.29 is 18.3 Å². The number of carboxylic acid groups (broad SMARTS) is 1. The van der Waals surface area contributed by atoms with Gasteiger partial charge in [-0.3, -0.25) is 4.79 Å². The molecule has 2 N–H and O–H groups in total. The predicted octanol–water partition coefficient (Wildman–Crippen LogP) is 0.795. The van der Waals surface area contributed by atoms with Crippen LogP contribution in [0.2, 0.25) is 0 Å². The van der Waals surface area contributed by atoms with Gasteiger partial charge >= 0.3 is 5.97 Å². The molecule has 1 aliphatic rings. The predicted molar refractivity (Wildman–Crippen MR) is 71.4 cm³/mol. The molecule has 0 aromatic heterocycles. The Kier molecular flexibility index (Phi) is 4.21. The Morgan fingerprint density at radius 3 is 2.37 bits per heavy atom. The van der Waals surface area contributed by atoms with Crippen molar-refractivity contribution in [3.8, 4) is 0 Å². The molecule has 0 aliphatic heterocycles. The molecular formula is C13H17NO4S. The molecule has 0 unspecified atom stereocenters. The highest BCUT2D eigenvalue weighted by atomic mass is 32.2. The van der Waals surface area contributed by atoms with Crippen molar-refractivity contribution in [3.63, 3.8) is 0 Å². The lowest BCUT2D eigenvalue weighted by Gasteiger charge is -2.10. The van der Waals surface area contributed by atoms with E-state index >= 15 is 0 Å². The molecule has 1 aliphatic carbocycles. The van der Waals surface area contributed by atoms with E-state index in [1.807, 2.05) is 24.3 Å². The Labute approximate surface area is 112 Å². The summed E-state index contributed by atoms with van der Waals surface area (Å²) in [5.74, 6) is -0.864. The molecular weight excluding hydrogens is 266 g/mol. The Morgan fingerprint density at radius 2 is 1.84 bits per heavy atom. The first-order chi connectivity index (χ1) is 8.96. The van der Waals surface area contributed by atoms with Crippen molar-refractivity contribution in [2.24, 2.45) is 5.92 Å². The third-order valence-corrected chi connectivity index (χ3v) is 4.81. The van der Waals surface area contributed by atoms with Crippen molar-refractivity contribution in [1.29, 1.82) is 0 Å². The van der Waals surface area contributed by atoms with Gasteiger partial charge in [-0.25, -0.2) is 13.1 Å². The van der Waals surface area contributed by atoms with Gasteiger partial charge in [0.25, 0.3) is 0 Å². The molecule has 6 heteroatoms. The first-order valence-corrected chi connectivity index (χ1v) is 7.87. The second kappa shape index (κ2) is 5.71. The van der Waals surface area contributed by atoms with Gasteiger partial charge in [-0.15, -0.1) is 0 Å². The molecule has 104 valence electrons. The molecule has 0 fully saturated rings. The number of aliphatic carboxylic acids is 1. The molecule has 0 atom stereocenters. The average Bonchev–Trinajstić information content (AvgIpc) is 2.68. The maximum absolute atomic E-state index is 11.8. The van der Waals surface area contributed by atoms with Crippen LogP contribution in [-0.4, -0.2) is 31.8 Å². The summed E-state index contributed by atoms with van der Waals surface area (Å²) in [7, 11) is -3.39. The molecule has 0 spiro atoms. The number of fused-ring (bicyclic) bond motifs is 1. The van der Waals surface area contributed by atoms with Crippen molar-refractivity contribution in [1.82, 2.24) is 4.72 Å². The zero-order chi connectivity index (χ0) is 13.9. The summed E-state index contributed by atoms with van der Waals surface area (Å²) in [6, 6.07) is 7.97. The largest absolute Gasteiger partial charge is 0.481 e. The van der Waals surface area contributed by atoms with Crippen LogP contribution in [0.5, 0.6) is 0 Å². The average molecular weight is 283 g/mol. The van der Waals surface area contributed by atoms with Gasteiger partial charge in [0.15, 0.2) is 0 Å². The van der Waals surface area contributed by atoms with Crippen LogP contribution in [0.1, 0.15) is 17.5 Å². The Hall–Kier alpha value is -1.40. The quantitative estimate of drug-likeness (QED) is 0.808. The molecule has 19 heavy (non-hydrogen) atoms. The van der Waals surface area contributed by atoms with Crippen LogP contribution in [0.25, 0.3) is 0 Å². The highest BCUT2D eigenvalue weighted by molar-refractivity contribution is 7.89. The molecule has 1 aromatic rings. The summed E-state index contributed by atoms with van der Waals surface area (Å²) < 4.78 is 26.0. The highest BCUT2D eigenvalue weighted by Gasteiger charge is 2.25. The zero-order valence-corrected chi connectivity index (χ0v) is 11.3. The van der Waals surface area contributed by atoms with Crippen molar-refractivity contribution in [3.05, 3.63) is 35.4 Å². The summed E-state index contributed by atoms with van der Waals surface area (Å²) in [6.07, 6.45) is 1.36. The molecule has 2 rings (SSSR count). The molecule has 0 saturated heterocycles. The first kappa shape index (κ1) is 14.0. The van der Waals surface area contributed by atoms with Gasteiger partial charge in [-0.1, -0.05) is 24.3 Å². The van der Waals surface area contributed by atoms with Crippen molar-refractivity contribution in [2.45, 2.75) is 19.3 Å². The second-order valence-electron chi connectivity index (χ2n) is 4.86. The van der Waals surface area contributed by atoms with Crippen LogP contribution in [0.3, 0.4) is 0 Å². The Balaban J connectivity index is 1.87. The van der Waals surface area contributed by atoms with E-state index in [0.717, 1.165) is 12.8 Å². The monoisotopic (exact) mass is 283 g/mol. The van der Waals surface area contributed by atoms with Crippen LogP contribution >= 0.6 is 0 Å². The minimum atomic E-state index is -3.39. The number of carboxylic acids is 1. The fourth-order valence-electron chi connectivity index (χ4n) is 2.45. The number of rotatable bonds is 6. The molecule has 0 amide bonds. The molecule has 0 heterocycles. The molecule has 0 radical (unpaired) electrons. The van der Waals surface area contributed by atoms with Gasteiger partial charge < -0.3 is 5.11 Å². The highest BCUT2D eigenvalue weighted by Crippen LogP contribution is 2.27. The van der Waals surface area contributed by atoms with Gasteiger partial charge in [-0.2, -0.15) is 0 Å². The topological polar surface area (TPSA) is 83.5 Å². The summed E-state index contributed by atoms with van der Waals surface area (Å²) in [5.41, 5.74) is 2.43. The summed E-state index contributed by atoms with van der Waals surface area (Å²) >= 11 is 0. The SMILES string of the molecule is O=C(O)CCNS(=O)(=O)CC1Cc2ccccc2C1. The molecule has 5 nitrogen and oxygen atoms in total. The maximum Gasteiger partial charge on any atom is 0.304 e. The lowest BCUT2D eigenvalue weighted by molar-refractivity contribution is -0.136. The van der Waals surface area contributed by atoms with Crippen LogP contribution in [-0.2, 0) is 27.7 Å². The third kappa shape index (κ3) is 4.04. The standard InChI is InChI=1S/C13H17NO4S/c15-13(16)5-6-14-19(17,18)9-10-7-11-3-1-2-4-12(11)8-10/h1-4,10,14H,5-9H2,(H,15,16). The summed E-state index contributed by atoms with van der Waals surface area (Å²) in [4.78, 5) is 10.3. The minimum absolute atomic E-state index is 0.0443. The summed E-state index contributed by atoms with van der Waals surface area (Å²) in [6.45, 7) is -0.0443. The van der Waals surface area contributed by atoms with E-state index in [1.165, 1.54) is 11.1 Å². The Bertz CT molecular complexity index is 543. The maximum atomic E-state index is 11.8. The number of hydrogen-bond donors (Lipinski definition) is 2. The van der Waals surface area contributed by atoms with Crippen LogP contribution in [0.15, 0.2) is 24.3 Å². The zero-order valence-electron chi connectivity index (χ0n) is 10.5. The van der Waals surface area contributed by atoms with Crippen LogP contribution < -0.4 is 4.72 Å². The van der Waals surface area contributed by atoms with E-state index in [9.17, 15) is 13.2 Å². The first-order valence-electron chi connectivity index (χ1n) is 6.22. The third-order valence-electron chi connectivity index (χ3n) is 3.25. The number of benzene rings is 1. The van der Waals surface area contributed by atoms with Gasteiger partial charge in [0.1, 0.15) is 0 Å². The lowest BCUT2D eigenvalue weighted by Crippen LogP contribution is -2.31. The van der Waals surface area contributed by atoms with Gasteiger partial charge in [-0.05, 0) is 29.9 Å². The van der Waals surface area contributed by atoms with Gasteiger partial charge in [0.05, 0.1) is 12.2 Å². The Morgan fingerprint density at radius 1 is 1.26 bits per heavy atom. The van der Waals surface area contributed by atoms with E-state index in [-0.39, 0.29) is 24.6 Å². The number of nitrogens with one attached hydrogen (secondary N) is 1. The number of hydrogen-bond acceptors (Lipinski definition) is 3. The van der Waals surface area contributed by atoms with Crippen molar-refractivity contribution in [2.75, 3.05) is 12.3 Å². The van der Waals surface area contributed by atoms with E-state index in [0.29, 0.717) is 0 Å². The molecule has 1 aromatic carbocycles. The molecule has 0 bridgehead atoms. The smallest absolute Gasteiger partial charge is 0.304 e.